The first-order valence-corrected chi connectivity index (χ1v) is 7.06. The Morgan fingerprint density at radius 3 is 2.42 bits per heavy atom. The van der Waals surface area contributed by atoms with E-state index in [1.807, 2.05) is 18.2 Å². The van der Waals surface area contributed by atoms with Gasteiger partial charge < -0.3 is 4.74 Å². The average Bonchev–Trinajstić information content (AvgIpc) is 2.54. The van der Waals surface area contributed by atoms with Gasteiger partial charge in [-0.3, -0.25) is 14.5 Å². The monoisotopic (exact) mass is 325 g/mol. The van der Waals surface area contributed by atoms with Gasteiger partial charge in [0.05, 0.1) is 13.7 Å². The standard InChI is InChI=1S/C14H16BrNO3/c1-19-12-7-6-11(15)8-10(12)9-16-13(17)4-2-3-5-14(16)18/h6-8H,2-5,9H2,1H3. The normalized spacial score (nSPS) is 16.4. The lowest BCUT2D eigenvalue weighted by molar-refractivity contribution is -0.144. The molecule has 1 aromatic rings. The van der Waals surface area contributed by atoms with Crippen LogP contribution in [0.4, 0.5) is 0 Å². The van der Waals surface area contributed by atoms with Gasteiger partial charge in [0.1, 0.15) is 5.75 Å². The molecule has 0 N–H and O–H groups in total. The van der Waals surface area contributed by atoms with Crippen LogP contribution in [0, 0.1) is 0 Å². The number of carbonyl (C=O) groups is 2. The summed E-state index contributed by atoms with van der Waals surface area (Å²) in [5.41, 5.74) is 0.834. The minimum absolute atomic E-state index is 0.0930. The molecule has 0 bridgehead atoms. The zero-order chi connectivity index (χ0) is 13.8. The molecule has 1 saturated heterocycles. The number of nitrogens with zero attached hydrogens (tertiary/aromatic N) is 1. The zero-order valence-corrected chi connectivity index (χ0v) is 12.4. The molecule has 2 amide bonds. The zero-order valence-electron chi connectivity index (χ0n) is 10.8. The summed E-state index contributed by atoms with van der Waals surface area (Å²) in [6, 6.07) is 5.57. The quantitative estimate of drug-likeness (QED) is 0.803. The molecule has 19 heavy (non-hydrogen) atoms. The molecule has 0 saturated carbocycles. The van der Waals surface area contributed by atoms with E-state index in [9.17, 15) is 9.59 Å². The molecule has 1 fully saturated rings. The molecule has 1 aliphatic rings. The number of hydrogen-bond donors (Lipinski definition) is 0. The molecule has 4 nitrogen and oxygen atoms in total. The first-order chi connectivity index (χ1) is 9.11. The second kappa shape index (κ2) is 6.19. The lowest BCUT2D eigenvalue weighted by Gasteiger charge is -2.20. The average molecular weight is 326 g/mol. The van der Waals surface area contributed by atoms with Crippen LogP contribution >= 0.6 is 15.9 Å². The fourth-order valence-electron chi connectivity index (χ4n) is 2.18. The van der Waals surface area contributed by atoms with E-state index in [1.54, 1.807) is 7.11 Å². The van der Waals surface area contributed by atoms with Crippen LogP contribution in [0.15, 0.2) is 22.7 Å². The maximum atomic E-state index is 12.0. The smallest absolute Gasteiger partial charge is 0.229 e. The molecule has 1 aromatic carbocycles. The minimum atomic E-state index is -0.0930. The summed E-state index contributed by atoms with van der Waals surface area (Å²) in [7, 11) is 1.58. The van der Waals surface area contributed by atoms with Crippen LogP contribution in [0.1, 0.15) is 31.2 Å². The molecular formula is C14H16BrNO3. The van der Waals surface area contributed by atoms with Gasteiger partial charge in [-0.05, 0) is 31.0 Å². The molecule has 2 rings (SSSR count). The third-order valence-electron chi connectivity index (χ3n) is 3.20. The van der Waals surface area contributed by atoms with Crippen molar-refractivity contribution in [2.24, 2.45) is 0 Å². The van der Waals surface area contributed by atoms with Crippen molar-refractivity contribution in [2.45, 2.75) is 32.2 Å². The molecule has 0 aliphatic carbocycles. The number of benzene rings is 1. The maximum absolute atomic E-state index is 12.0. The number of methoxy groups -OCH3 is 1. The Morgan fingerprint density at radius 2 is 1.84 bits per heavy atom. The Morgan fingerprint density at radius 1 is 1.21 bits per heavy atom. The molecule has 5 heteroatoms. The van der Waals surface area contributed by atoms with Gasteiger partial charge >= 0.3 is 0 Å². The fraction of sp³-hybridized carbons (Fsp3) is 0.429. The highest BCUT2D eigenvalue weighted by atomic mass is 79.9. The summed E-state index contributed by atoms with van der Waals surface area (Å²) < 4.78 is 6.17. The van der Waals surface area contributed by atoms with E-state index in [-0.39, 0.29) is 18.4 Å². The summed E-state index contributed by atoms with van der Waals surface area (Å²) in [4.78, 5) is 25.3. The molecular weight excluding hydrogens is 310 g/mol. The van der Waals surface area contributed by atoms with Gasteiger partial charge in [-0.25, -0.2) is 0 Å². The third-order valence-corrected chi connectivity index (χ3v) is 3.70. The maximum Gasteiger partial charge on any atom is 0.229 e. The molecule has 0 atom stereocenters. The van der Waals surface area contributed by atoms with E-state index in [1.165, 1.54) is 4.90 Å². The summed E-state index contributed by atoms with van der Waals surface area (Å²) in [6.45, 7) is 0.278. The molecule has 102 valence electrons. The van der Waals surface area contributed by atoms with Crippen LogP contribution < -0.4 is 4.74 Å². The highest BCUT2D eigenvalue weighted by Gasteiger charge is 2.25. The summed E-state index contributed by atoms with van der Waals surface area (Å²) in [6.07, 6.45) is 2.47. The summed E-state index contributed by atoms with van der Waals surface area (Å²) in [5, 5.41) is 0. The fourth-order valence-corrected chi connectivity index (χ4v) is 2.59. The number of imide groups is 1. The minimum Gasteiger partial charge on any atom is -0.496 e. The van der Waals surface area contributed by atoms with Crippen LogP contribution in [0.3, 0.4) is 0 Å². The molecule has 0 spiro atoms. The Kier molecular flexibility index (Phi) is 4.58. The van der Waals surface area contributed by atoms with Gasteiger partial charge in [0.15, 0.2) is 0 Å². The largest absolute Gasteiger partial charge is 0.496 e. The second-order valence-corrected chi connectivity index (χ2v) is 5.45. The van der Waals surface area contributed by atoms with Gasteiger partial charge in [0, 0.05) is 22.9 Å². The van der Waals surface area contributed by atoms with Crippen molar-refractivity contribution < 1.29 is 14.3 Å². The van der Waals surface area contributed by atoms with Crippen LogP contribution in [0.25, 0.3) is 0 Å². The Bertz CT molecular complexity index is 483. The van der Waals surface area contributed by atoms with E-state index in [0.29, 0.717) is 18.6 Å². The van der Waals surface area contributed by atoms with E-state index in [4.69, 9.17) is 4.74 Å². The molecule has 0 aromatic heterocycles. The van der Waals surface area contributed by atoms with Gasteiger partial charge in [0.25, 0.3) is 0 Å². The van der Waals surface area contributed by atoms with Crippen molar-refractivity contribution in [2.75, 3.05) is 7.11 Å². The van der Waals surface area contributed by atoms with Gasteiger partial charge in [-0.2, -0.15) is 0 Å². The van der Waals surface area contributed by atoms with Gasteiger partial charge in [-0.1, -0.05) is 15.9 Å². The first kappa shape index (κ1) is 14.1. The van der Waals surface area contributed by atoms with Crippen LogP contribution in [-0.4, -0.2) is 23.8 Å². The van der Waals surface area contributed by atoms with Crippen LogP contribution in [0.2, 0.25) is 0 Å². The number of carbonyl (C=O) groups excluding carboxylic acids is 2. The van der Waals surface area contributed by atoms with Crippen molar-refractivity contribution in [3.05, 3.63) is 28.2 Å². The summed E-state index contributed by atoms with van der Waals surface area (Å²) >= 11 is 3.39. The van der Waals surface area contributed by atoms with Crippen molar-refractivity contribution >= 4 is 27.7 Å². The predicted octanol–water partition coefficient (Wildman–Crippen LogP) is 2.89. The number of ether oxygens (including phenoxy) is 1. The predicted molar refractivity (Wildman–Crippen MR) is 74.7 cm³/mol. The molecule has 0 unspecified atom stereocenters. The summed E-state index contributed by atoms with van der Waals surface area (Å²) in [5.74, 6) is 0.502. The van der Waals surface area contributed by atoms with Crippen LogP contribution in [0.5, 0.6) is 5.75 Å². The van der Waals surface area contributed by atoms with E-state index >= 15 is 0 Å². The topological polar surface area (TPSA) is 46.6 Å². The number of amides is 2. The highest BCUT2D eigenvalue weighted by molar-refractivity contribution is 9.10. The molecule has 1 heterocycles. The van der Waals surface area contributed by atoms with Gasteiger partial charge in [0.2, 0.25) is 11.8 Å². The van der Waals surface area contributed by atoms with Gasteiger partial charge in [-0.15, -0.1) is 0 Å². The van der Waals surface area contributed by atoms with E-state index in [2.05, 4.69) is 15.9 Å². The molecule has 0 radical (unpaired) electrons. The first-order valence-electron chi connectivity index (χ1n) is 6.27. The van der Waals surface area contributed by atoms with Crippen LogP contribution in [-0.2, 0) is 16.1 Å². The SMILES string of the molecule is COc1ccc(Br)cc1CN1C(=O)CCCCC1=O. The van der Waals surface area contributed by atoms with Crippen molar-refractivity contribution in [3.8, 4) is 5.75 Å². The number of hydrogen-bond acceptors (Lipinski definition) is 3. The van der Waals surface area contributed by atoms with E-state index < -0.39 is 0 Å². The number of halogens is 1. The third kappa shape index (κ3) is 3.35. The lowest BCUT2D eigenvalue weighted by Crippen LogP contribution is -2.34. The number of likely N-dealkylation sites (tertiary alicyclic amines) is 1. The Labute approximate surface area is 120 Å². The van der Waals surface area contributed by atoms with Crippen molar-refractivity contribution in [3.63, 3.8) is 0 Å². The lowest BCUT2D eigenvalue weighted by atomic mass is 10.2. The number of rotatable bonds is 3. The van der Waals surface area contributed by atoms with Crippen molar-refractivity contribution in [1.29, 1.82) is 0 Å². The second-order valence-electron chi connectivity index (χ2n) is 4.54. The molecule has 1 aliphatic heterocycles. The van der Waals surface area contributed by atoms with E-state index in [0.717, 1.165) is 22.9 Å². The Balaban J connectivity index is 2.25. The van der Waals surface area contributed by atoms with Crippen molar-refractivity contribution in [1.82, 2.24) is 4.90 Å². The Hall–Kier alpha value is -1.36. The highest BCUT2D eigenvalue weighted by Crippen LogP contribution is 2.25.